The smallest absolute Gasteiger partial charge is 0.322 e. The monoisotopic (exact) mass is 328 g/mol. The Kier molecular flexibility index (Phi) is 4.61. The zero-order valence-corrected chi connectivity index (χ0v) is 13.7. The molecular formula is C17H20N4O3. The third-order valence-corrected chi connectivity index (χ3v) is 3.80. The van der Waals surface area contributed by atoms with Gasteiger partial charge in [0, 0.05) is 30.4 Å². The molecule has 7 nitrogen and oxygen atoms in total. The van der Waals surface area contributed by atoms with E-state index in [1.807, 2.05) is 38.1 Å². The number of hydrogen-bond donors (Lipinski definition) is 2. The van der Waals surface area contributed by atoms with E-state index in [-0.39, 0.29) is 23.8 Å². The number of aromatic nitrogens is 2. The Hall–Kier alpha value is -2.67. The zero-order valence-electron chi connectivity index (χ0n) is 13.7. The van der Waals surface area contributed by atoms with Gasteiger partial charge in [0.1, 0.15) is 0 Å². The van der Waals surface area contributed by atoms with E-state index in [2.05, 4.69) is 15.5 Å². The Morgan fingerprint density at radius 3 is 2.67 bits per heavy atom. The normalized spacial score (nSPS) is 20.7. The first-order valence-electron chi connectivity index (χ1n) is 7.89. The van der Waals surface area contributed by atoms with E-state index >= 15 is 0 Å². The number of carbonyl (C=O) groups excluding carboxylic acids is 1. The number of anilines is 1. The quantitative estimate of drug-likeness (QED) is 0.883. The molecule has 2 amide bonds. The van der Waals surface area contributed by atoms with Crippen molar-refractivity contribution in [3.63, 3.8) is 0 Å². The van der Waals surface area contributed by atoms with Gasteiger partial charge in [-0.15, -0.1) is 0 Å². The molecule has 1 aromatic heterocycles. The highest BCUT2D eigenvalue weighted by molar-refractivity contribution is 5.90. The molecule has 2 aromatic rings. The van der Waals surface area contributed by atoms with Crippen molar-refractivity contribution in [2.24, 2.45) is 0 Å². The van der Waals surface area contributed by atoms with Gasteiger partial charge < -0.3 is 15.0 Å². The molecule has 1 saturated heterocycles. The minimum atomic E-state index is -0.251. The number of rotatable bonds is 2. The van der Waals surface area contributed by atoms with Crippen LogP contribution in [0.2, 0.25) is 0 Å². The summed E-state index contributed by atoms with van der Waals surface area (Å²) < 4.78 is 5.64. The average molecular weight is 328 g/mol. The van der Waals surface area contributed by atoms with Crippen LogP contribution in [-0.4, -0.2) is 46.4 Å². The fourth-order valence-electron chi connectivity index (χ4n) is 2.81. The fourth-order valence-corrected chi connectivity index (χ4v) is 2.81. The van der Waals surface area contributed by atoms with Crippen molar-refractivity contribution in [3.8, 4) is 11.3 Å². The molecule has 0 aliphatic carbocycles. The standard InChI is InChI=1S/C17H20N4O3/c1-11-9-21(10-12(2)24-11)17(23)18-14-5-3-4-13(8-14)15-6-7-16(22)20-19-15/h3-8,11-12H,9-10H2,1-2H3,(H,18,23)(H,20,22). The van der Waals surface area contributed by atoms with Crippen LogP contribution in [-0.2, 0) is 4.74 Å². The van der Waals surface area contributed by atoms with Gasteiger partial charge in [0.05, 0.1) is 17.9 Å². The average Bonchev–Trinajstić information content (AvgIpc) is 2.55. The van der Waals surface area contributed by atoms with Crippen molar-refractivity contribution in [2.45, 2.75) is 26.1 Å². The van der Waals surface area contributed by atoms with Crippen LogP contribution >= 0.6 is 0 Å². The van der Waals surface area contributed by atoms with Gasteiger partial charge in [-0.25, -0.2) is 9.89 Å². The SMILES string of the molecule is CC1CN(C(=O)Nc2cccc(-c3ccc(=O)[nH]n3)c2)CC(C)O1. The molecule has 2 heterocycles. The van der Waals surface area contributed by atoms with Gasteiger partial charge >= 0.3 is 6.03 Å². The van der Waals surface area contributed by atoms with Crippen LogP contribution < -0.4 is 10.9 Å². The lowest BCUT2D eigenvalue weighted by Crippen LogP contribution is -2.49. The largest absolute Gasteiger partial charge is 0.372 e. The summed E-state index contributed by atoms with van der Waals surface area (Å²) in [5.74, 6) is 0. The van der Waals surface area contributed by atoms with E-state index in [0.717, 1.165) is 5.56 Å². The number of carbonyl (C=O) groups is 1. The summed E-state index contributed by atoms with van der Waals surface area (Å²) in [5.41, 5.74) is 1.88. The molecule has 2 atom stereocenters. The van der Waals surface area contributed by atoms with Gasteiger partial charge in [0.25, 0.3) is 5.56 Å². The highest BCUT2D eigenvalue weighted by Gasteiger charge is 2.25. The molecule has 7 heteroatoms. The predicted molar refractivity (Wildman–Crippen MR) is 90.9 cm³/mol. The number of H-pyrrole nitrogens is 1. The maximum absolute atomic E-state index is 12.4. The van der Waals surface area contributed by atoms with Gasteiger partial charge in [-0.05, 0) is 32.0 Å². The van der Waals surface area contributed by atoms with Crippen molar-refractivity contribution in [2.75, 3.05) is 18.4 Å². The molecule has 24 heavy (non-hydrogen) atoms. The molecule has 2 N–H and O–H groups in total. The van der Waals surface area contributed by atoms with Gasteiger partial charge in [-0.2, -0.15) is 5.10 Å². The lowest BCUT2D eigenvalue weighted by atomic mass is 10.1. The van der Waals surface area contributed by atoms with E-state index in [4.69, 9.17) is 4.74 Å². The molecular weight excluding hydrogens is 308 g/mol. The second-order valence-corrected chi connectivity index (χ2v) is 5.98. The van der Waals surface area contributed by atoms with Crippen molar-refractivity contribution in [1.29, 1.82) is 0 Å². The van der Waals surface area contributed by atoms with Crippen LogP contribution in [0.4, 0.5) is 10.5 Å². The van der Waals surface area contributed by atoms with Crippen molar-refractivity contribution < 1.29 is 9.53 Å². The summed E-state index contributed by atoms with van der Waals surface area (Å²) in [6, 6.07) is 10.3. The van der Waals surface area contributed by atoms with Crippen molar-refractivity contribution in [1.82, 2.24) is 15.1 Å². The highest BCUT2D eigenvalue weighted by Crippen LogP contribution is 2.20. The van der Waals surface area contributed by atoms with Gasteiger partial charge in [-0.1, -0.05) is 12.1 Å². The van der Waals surface area contributed by atoms with Gasteiger partial charge in [0.2, 0.25) is 0 Å². The van der Waals surface area contributed by atoms with Gasteiger partial charge in [0.15, 0.2) is 0 Å². The first-order chi connectivity index (χ1) is 11.5. The summed E-state index contributed by atoms with van der Waals surface area (Å²) in [6.45, 7) is 5.05. The molecule has 0 saturated carbocycles. The number of nitrogens with zero attached hydrogens (tertiary/aromatic N) is 2. The number of ether oxygens (including phenoxy) is 1. The zero-order chi connectivity index (χ0) is 17.1. The number of amides is 2. The summed E-state index contributed by atoms with van der Waals surface area (Å²) in [5, 5.41) is 9.31. The summed E-state index contributed by atoms with van der Waals surface area (Å²) in [7, 11) is 0. The van der Waals surface area contributed by atoms with Crippen LogP contribution in [0, 0.1) is 0 Å². The number of benzene rings is 1. The molecule has 2 unspecified atom stereocenters. The molecule has 0 spiro atoms. The molecule has 1 fully saturated rings. The Labute approximate surface area is 139 Å². The Morgan fingerprint density at radius 2 is 2.00 bits per heavy atom. The van der Waals surface area contributed by atoms with Crippen LogP contribution in [0.5, 0.6) is 0 Å². The lowest BCUT2D eigenvalue weighted by Gasteiger charge is -2.35. The Bertz CT molecular complexity index is 759. The third kappa shape index (κ3) is 3.80. The van der Waals surface area contributed by atoms with Gasteiger partial charge in [-0.3, -0.25) is 4.79 Å². The number of morpholine rings is 1. The van der Waals surface area contributed by atoms with Crippen LogP contribution in [0.1, 0.15) is 13.8 Å². The molecule has 126 valence electrons. The Morgan fingerprint density at radius 1 is 1.25 bits per heavy atom. The first-order valence-corrected chi connectivity index (χ1v) is 7.89. The maximum atomic E-state index is 12.4. The van der Waals surface area contributed by atoms with E-state index in [0.29, 0.717) is 24.5 Å². The van der Waals surface area contributed by atoms with E-state index in [9.17, 15) is 9.59 Å². The minimum Gasteiger partial charge on any atom is -0.372 e. The molecule has 1 aromatic carbocycles. The molecule has 1 aliphatic rings. The number of nitrogens with one attached hydrogen (secondary N) is 2. The summed E-state index contributed by atoms with van der Waals surface area (Å²) in [4.78, 5) is 25.3. The highest BCUT2D eigenvalue weighted by atomic mass is 16.5. The number of aromatic amines is 1. The summed E-state index contributed by atoms with van der Waals surface area (Å²) in [6.07, 6.45) is 0.0485. The fraction of sp³-hybridized carbons (Fsp3) is 0.353. The molecule has 3 rings (SSSR count). The third-order valence-electron chi connectivity index (χ3n) is 3.80. The summed E-state index contributed by atoms with van der Waals surface area (Å²) >= 11 is 0. The van der Waals surface area contributed by atoms with E-state index in [1.165, 1.54) is 6.07 Å². The predicted octanol–water partition coefficient (Wildman–Crippen LogP) is 2.08. The van der Waals surface area contributed by atoms with Crippen LogP contribution in [0.15, 0.2) is 41.2 Å². The van der Waals surface area contributed by atoms with Crippen LogP contribution in [0.25, 0.3) is 11.3 Å². The second kappa shape index (κ2) is 6.84. The number of hydrogen-bond acceptors (Lipinski definition) is 4. The topological polar surface area (TPSA) is 87.3 Å². The maximum Gasteiger partial charge on any atom is 0.322 e. The molecule has 0 radical (unpaired) electrons. The molecule has 1 aliphatic heterocycles. The van der Waals surface area contributed by atoms with Crippen molar-refractivity contribution in [3.05, 3.63) is 46.8 Å². The number of urea groups is 1. The Balaban J connectivity index is 1.73. The van der Waals surface area contributed by atoms with E-state index < -0.39 is 0 Å². The van der Waals surface area contributed by atoms with Crippen molar-refractivity contribution >= 4 is 11.7 Å². The lowest BCUT2D eigenvalue weighted by molar-refractivity contribution is -0.0530. The molecule has 0 bridgehead atoms. The minimum absolute atomic E-state index is 0.0242. The second-order valence-electron chi connectivity index (χ2n) is 5.98. The van der Waals surface area contributed by atoms with Crippen LogP contribution in [0.3, 0.4) is 0 Å². The van der Waals surface area contributed by atoms with E-state index in [1.54, 1.807) is 11.0 Å². The first kappa shape index (κ1) is 16.2.